The highest BCUT2D eigenvalue weighted by molar-refractivity contribution is 7.92. The second-order valence-corrected chi connectivity index (χ2v) is 12.5. The number of nitrogens with zero attached hydrogens (tertiary/aromatic N) is 2. The molecule has 0 aliphatic carbocycles. The molecule has 0 bridgehead atoms. The third-order valence-corrected chi connectivity index (χ3v) is 9.40. The van der Waals surface area contributed by atoms with Gasteiger partial charge in [-0.2, -0.15) is 0 Å². The van der Waals surface area contributed by atoms with E-state index in [1.807, 2.05) is 52.0 Å². The Morgan fingerprint density at radius 3 is 2.24 bits per heavy atom. The van der Waals surface area contributed by atoms with Crippen LogP contribution in [0.3, 0.4) is 0 Å². The number of halogens is 1. The minimum atomic E-state index is -4.16. The summed E-state index contributed by atoms with van der Waals surface area (Å²) in [5.74, 6) is -0.740. The topological polar surface area (TPSA) is 86.8 Å². The summed E-state index contributed by atoms with van der Waals surface area (Å²) in [5.41, 5.74) is 3.61. The molecule has 3 aromatic carbocycles. The normalized spacial score (nSPS) is 12.0. The van der Waals surface area contributed by atoms with Crippen LogP contribution in [0, 0.1) is 20.8 Å². The minimum absolute atomic E-state index is 0.0603. The predicted octanol–water partition coefficient (Wildman–Crippen LogP) is 6.18. The van der Waals surface area contributed by atoms with Crippen molar-refractivity contribution in [2.45, 2.75) is 71.4 Å². The first-order valence-corrected chi connectivity index (χ1v) is 15.8. The average Bonchev–Trinajstić information content (AvgIpc) is 2.94. The lowest BCUT2D eigenvalue weighted by Gasteiger charge is -2.34. The zero-order valence-corrected chi connectivity index (χ0v) is 26.1. The Kier molecular flexibility index (Phi) is 11.4. The second kappa shape index (κ2) is 14.5. The molecule has 3 rings (SSSR count). The van der Waals surface area contributed by atoms with Crippen LogP contribution in [-0.4, -0.2) is 44.3 Å². The summed E-state index contributed by atoms with van der Waals surface area (Å²) < 4.78 is 29.2. The molecule has 0 radical (unpaired) electrons. The molecule has 220 valence electrons. The fourth-order valence-electron chi connectivity index (χ4n) is 4.61. The molecule has 0 fully saturated rings. The maximum Gasteiger partial charge on any atom is 0.264 e. The van der Waals surface area contributed by atoms with Crippen molar-refractivity contribution in [2.24, 2.45) is 0 Å². The van der Waals surface area contributed by atoms with Gasteiger partial charge in [-0.25, -0.2) is 8.42 Å². The number of nitrogens with one attached hydrogen (secondary N) is 1. The lowest BCUT2D eigenvalue weighted by Crippen LogP contribution is -2.52. The summed E-state index contributed by atoms with van der Waals surface area (Å²) in [6, 6.07) is 18.4. The molecule has 0 heterocycles. The van der Waals surface area contributed by atoms with Crippen LogP contribution in [0.15, 0.2) is 71.6 Å². The van der Waals surface area contributed by atoms with Crippen LogP contribution in [0.1, 0.15) is 55.4 Å². The van der Waals surface area contributed by atoms with Crippen LogP contribution >= 0.6 is 11.6 Å². The number of carbonyl (C=O) groups is 2. The highest BCUT2D eigenvalue weighted by atomic mass is 35.5. The number of hydrogen-bond donors (Lipinski definition) is 1. The van der Waals surface area contributed by atoms with Gasteiger partial charge < -0.3 is 10.2 Å². The Bertz CT molecular complexity index is 1460. The second-order valence-electron chi connectivity index (χ2n) is 10.2. The van der Waals surface area contributed by atoms with Gasteiger partial charge in [0.1, 0.15) is 12.6 Å². The van der Waals surface area contributed by atoms with E-state index in [2.05, 4.69) is 5.32 Å². The summed E-state index contributed by atoms with van der Waals surface area (Å²) in [5, 5.41) is 3.34. The summed E-state index contributed by atoms with van der Waals surface area (Å²) in [4.78, 5) is 29.1. The monoisotopic (exact) mass is 597 g/mol. The largest absolute Gasteiger partial charge is 0.354 e. The van der Waals surface area contributed by atoms with E-state index in [1.54, 1.807) is 37.3 Å². The molecule has 41 heavy (non-hydrogen) atoms. The Balaban J connectivity index is 2.09. The zero-order chi connectivity index (χ0) is 30.2. The molecular weight excluding hydrogens is 558 g/mol. The highest BCUT2D eigenvalue weighted by Gasteiger charge is 2.34. The van der Waals surface area contributed by atoms with Crippen LogP contribution < -0.4 is 9.62 Å². The Morgan fingerprint density at radius 1 is 0.927 bits per heavy atom. The lowest BCUT2D eigenvalue weighted by molar-refractivity contribution is -0.140. The molecule has 9 heteroatoms. The molecule has 0 unspecified atom stereocenters. The summed E-state index contributed by atoms with van der Waals surface area (Å²) in [6.45, 7) is 9.61. The minimum Gasteiger partial charge on any atom is -0.354 e. The molecule has 1 N–H and O–H groups in total. The zero-order valence-electron chi connectivity index (χ0n) is 24.5. The van der Waals surface area contributed by atoms with Crippen molar-refractivity contribution in [1.82, 2.24) is 10.2 Å². The smallest absolute Gasteiger partial charge is 0.264 e. The van der Waals surface area contributed by atoms with Crippen molar-refractivity contribution in [3.8, 4) is 0 Å². The predicted molar refractivity (Wildman–Crippen MR) is 166 cm³/mol. The number of unbranched alkanes of at least 4 members (excludes halogenated alkanes) is 1. The number of amides is 2. The molecular formula is C32H40ClN3O4S. The van der Waals surface area contributed by atoms with Crippen LogP contribution in [0.25, 0.3) is 0 Å². The van der Waals surface area contributed by atoms with E-state index in [0.29, 0.717) is 29.2 Å². The van der Waals surface area contributed by atoms with E-state index in [-0.39, 0.29) is 17.3 Å². The number of anilines is 1. The molecule has 0 aliphatic rings. The van der Waals surface area contributed by atoms with Crippen molar-refractivity contribution >= 4 is 39.1 Å². The van der Waals surface area contributed by atoms with E-state index in [0.717, 1.165) is 33.8 Å². The van der Waals surface area contributed by atoms with E-state index in [1.165, 1.54) is 17.0 Å². The van der Waals surface area contributed by atoms with Crippen LogP contribution in [0.2, 0.25) is 5.02 Å². The molecule has 2 amide bonds. The third-order valence-electron chi connectivity index (χ3n) is 7.21. The van der Waals surface area contributed by atoms with Crippen molar-refractivity contribution < 1.29 is 18.0 Å². The van der Waals surface area contributed by atoms with Gasteiger partial charge in [-0.05, 0) is 74.6 Å². The first kappa shape index (κ1) is 32.2. The molecule has 0 saturated heterocycles. The van der Waals surface area contributed by atoms with E-state index in [9.17, 15) is 18.0 Å². The van der Waals surface area contributed by atoms with Crippen LogP contribution in [0.4, 0.5) is 5.69 Å². The number of rotatable bonds is 13. The molecule has 0 spiro atoms. The molecule has 0 aromatic heterocycles. The quantitative estimate of drug-likeness (QED) is 0.238. The van der Waals surface area contributed by atoms with E-state index >= 15 is 0 Å². The van der Waals surface area contributed by atoms with Gasteiger partial charge >= 0.3 is 0 Å². The Morgan fingerprint density at radius 2 is 1.61 bits per heavy atom. The molecule has 1 atom stereocenters. The van der Waals surface area contributed by atoms with Gasteiger partial charge in [0.15, 0.2) is 0 Å². The number of benzene rings is 3. The van der Waals surface area contributed by atoms with Gasteiger partial charge in [-0.1, -0.05) is 79.9 Å². The molecule has 0 saturated carbocycles. The van der Waals surface area contributed by atoms with Gasteiger partial charge in [0.05, 0.1) is 10.6 Å². The number of aryl methyl sites for hydroxylation is 2. The Labute approximate surface area is 249 Å². The standard InChI is InChI=1S/C32H40ClN3O4S/c1-6-8-20-34-32(38)29(7-2)35(21-26-13-10-9-12-24(26)4)31(37)22-36(30-15-11-14-28(33)25(30)5)41(39,40)27-18-16-23(3)17-19-27/h9-19,29H,6-8,20-22H2,1-5H3,(H,34,38)/t29-/m1/s1. The van der Waals surface area contributed by atoms with Crippen molar-refractivity contribution in [3.05, 3.63) is 94.0 Å². The van der Waals surface area contributed by atoms with Gasteiger partial charge in [0.2, 0.25) is 11.8 Å². The van der Waals surface area contributed by atoms with Crippen LogP contribution in [-0.2, 0) is 26.2 Å². The van der Waals surface area contributed by atoms with Crippen molar-refractivity contribution in [3.63, 3.8) is 0 Å². The Hall–Kier alpha value is -3.36. The first-order valence-electron chi connectivity index (χ1n) is 14.0. The maximum absolute atomic E-state index is 14.2. The molecule has 3 aromatic rings. The summed E-state index contributed by atoms with van der Waals surface area (Å²) in [7, 11) is -4.16. The van der Waals surface area contributed by atoms with Crippen molar-refractivity contribution in [2.75, 3.05) is 17.4 Å². The number of hydrogen-bond acceptors (Lipinski definition) is 4. The molecule has 7 nitrogen and oxygen atoms in total. The van der Waals surface area contributed by atoms with E-state index < -0.39 is 28.5 Å². The SMILES string of the molecule is CCCCNC(=O)[C@@H](CC)N(Cc1ccccc1C)C(=O)CN(c1cccc(Cl)c1C)S(=O)(=O)c1ccc(C)cc1. The fourth-order valence-corrected chi connectivity index (χ4v) is 6.25. The van der Waals surface area contributed by atoms with Gasteiger partial charge in [0, 0.05) is 18.1 Å². The van der Waals surface area contributed by atoms with E-state index in [4.69, 9.17) is 11.6 Å². The lowest BCUT2D eigenvalue weighted by atomic mass is 10.1. The molecule has 0 aliphatic heterocycles. The third kappa shape index (κ3) is 7.89. The summed E-state index contributed by atoms with van der Waals surface area (Å²) in [6.07, 6.45) is 2.12. The van der Waals surface area contributed by atoms with Crippen molar-refractivity contribution in [1.29, 1.82) is 0 Å². The number of sulfonamides is 1. The van der Waals surface area contributed by atoms with Gasteiger partial charge in [-0.3, -0.25) is 13.9 Å². The number of carbonyl (C=O) groups excluding carboxylic acids is 2. The first-order chi connectivity index (χ1) is 19.5. The highest BCUT2D eigenvalue weighted by Crippen LogP contribution is 2.31. The van der Waals surface area contributed by atoms with Gasteiger partial charge in [-0.15, -0.1) is 0 Å². The van der Waals surface area contributed by atoms with Gasteiger partial charge in [0.25, 0.3) is 10.0 Å². The fraction of sp³-hybridized carbons (Fsp3) is 0.375. The summed E-state index contributed by atoms with van der Waals surface area (Å²) >= 11 is 6.40. The van der Waals surface area contributed by atoms with Crippen LogP contribution in [0.5, 0.6) is 0 Å². The average molecular weight is 598 g/mol. The maximum atomic E-state index is 14.2.